The minimum absolute atomic E-state index is 0.221. The highest BCUT2D eigenvalue weighted by atomic mass is 35.5. The monoisotopic (exact) mass is 460 g/mol. The standard InChI is InChI=1S/C22H17ClN8O2/c23-15-4-1-5-16(8-15)27-18-9-19(25-11-13-3-2-6-24-10-13)31-20(29-18)14(12-26-31)7-17-21(32)30-22(33)28-17/h1-10,12,27,32H,11H2,(H2,28,30,33). The fourth-order valence-electron chi connectivity index (χ4n) is 3.27. The molecule has 0 aliphatic heterocycles. The van der Waals surface area contributed by atoms with Crippen molar-refractivity contribution < 1.29 is 5.11 Å². The molecule has 164 valence electrons. The van der Waals surface area contributed by atoms with Crippen LogP contribution in [0.3, 0.4) is 0 Å². The van der Waals surface area contributed by atoms with E-state index in [4.69, 9.17) is 16.6 Å². The van der Waals surface area contributed by atoms with Gasteiger partial charge in [0.1, 0.15) is 11.5 Å². The summed E-state index contributed by atoms with van der Waals surface area (Å²) in [6.45, 7) is 0.397. The van der Waals surface area contributed by atoms with Gasteiger partial charge in [-0.15, -0.1) is 0 Å². The Labute approximate surface area is 191 Å². The predicted octanol–water partition coefficient (Wildman–Crippen LogP) is 1.89. The number of hydrogen-bond donors (Lipinski definition) is 4. The molecular weight excluding hydrogens is 444 g/mol. The van der Waals surface area contributed by atoms with Crippen molar-refractivity contribution in [3.05, 3.63) is 98.5 Å². The highest BCUT2D eigenvalue weighted by Crippen LogP contribution is 2.18. The number of nitrogens with one attached hydrogen (secondary N) is 3. The number of aromatic hydroxyl groups is 1. The van der Waals surface area contributed by atoms with Crippen molar-refractivity contribution in [3.63, 3.8) is 0 Å². The zero-order valence-corrected chi connectivity index (χ0v) is 17.8. The molecule has 0 saturated carbocycles. The van der Waals surface area contributed by atoms with E-state index in [1.54, 1.807) is 47.4 Å². The second-order valence-electron chi connectivity index (χ2n) is 7.13. The van der Waals surface area contributed by atoms with E-state index in [0.29, 0.717) is 33.7 Å². The van der Waals surface area contributed by atoms with E-state index < -0.39 is 5.69 Å². The maximum Gasteiger partial charge on any atom is 0.326 e. The Kier molecular flexibility index (Phi) is 5.33. The predicted molar refractivity (Wildman–Crippen MR) is 123 cm³/mol. The van der Waals surface area contributed by atoms with Crippen LogP contribution < -0.4 is 21.7 Å². The van der Waals surface area contributed by atoms with Gasteiger partial charge in [-0.05, 0) is 35.9 Å². The number of imidazole rings is 1. The smallest absolute Gasteiger partial charge is 0.326 e. The van der Waals surface area contributed by atoms with Crippen LogP contribution in [0.1, 0.15) is 11.3 Å². The lowest BCUT2D eigenvalue weighted by Gasteiger charge is -2.07. The quantitative estimate of drug-likeness (QED) is 0.316. The summed E-state index contributed by atoms with van der Waals surface area (Å²) in [5, 5.41) is 18.7. The molecule has 0 spiro atoms. The average molecular weight is 461 g/mol. The van der Waals surface area contributed by atoms with Gasteiger partial charge in [-0.25, -0.2) is 9.78 Å². The van der Waals surface area contributed by atoms with Gasteiger partial charge in [-0.3, -0.25) is 15.0 Å². The largest absolute Gasteiger partial charge is 0.493 e. The summed E-state index contributed by atoms with van der Waals surface area (Å²) >= 11 is 6.11. The first-order valence-electron chi connectivity index (χ1n) is 9.89. The third-order valence-corrected chi connectivity index (χ3v) is 4.99. The Morgan fingerprint density at radius 3 is 2.85 bits per heavy atom. The van der Waals surface area contributed by atoms with E-state index in [1.165, 1.54) is 0 Å². The summed E-state index contributed by atoms with van der Waals surface area (Å²) in [7, 11) is 0. The van der Waals surface area contributed by atoms with Crippen molar-refractivity contribution >= 4 is 34.8 Å². The molecule has 4 aromatic heterocycles. The summed E-state index contributed by atoms with van der Waals surface area (Å²) < 4.78 is 1.59. The molecule has 1 aromatic carbocycles. The number of halogens is 1. The number of rotatable bonds is 5. The van der Waals surface area contributed by atoms with Gasteiger partial charge < -0.3 is 15.4 Å². The van der Waals surface area contributed by atoms with Gasteiger partial charge in [0.15, 0.2) is 11.1 Å². The second kappa shape index (κ2) is 8.60. The van der Waals surface area contributed by atoms with Crippen molar-refractivity contribution in [1.29, 1.82) is 0 Å². The summed E-state index contributed by atoms with van der Waals surface area (Å²) in [6, 6.07) is 12.8. The number of H-pyrrole nitrogens is 2. The minimum atomic E-state index is -0.515. The lowest BCUT2D eigenvalue weighted by atomic mass is 10.3. The van der Waals surface area contributed by atoms with Crippen LogP contribution in [-0.4, -0.2) is 34.7 Å². The Morgan fingerprint density at radius 2 is 2.09 bits per heavy atom. The molecule has 10 nitrogen and oxygen atoms in total. The highest BCUT2D eigenvalue weighted by molar-refractivity contribution is 6.30. The molecule has 5 aromatic rings. The Balaban J connectivity index is 1.66. The van der Waals surface area contributed by atoms with Crippen LogP contribution in [0.4, 0.5) is 11.5 Å². The number of pyridine rings is 1. The SMILES string of the molecule is O=c1[nH]c(O)c(C=c2cnn3c(=NCc4cccnc4)cc(Nc4cccc(Cl)c4)nc23)[nH]1. The van der Waals surface area contributed by atoms with Crippen LogP contribution in [0.25, 0.3) is 11.7 Å². The molecule has 0 fully saturated rings. The van der Waals surface area contributed by atoms with Gasteiger partial charge in [0.2, 0.25) is 5.88 Å². The van der Waals surface area contributed by atoms with Crippen molar-refractivity contribution in [2.45, 2.75) is 6.54 Å². The van der Waals surface area contributed by atoms with E-state index in [9.17, 15) is 9.90 Å². The number of anilines is 2. The Morgan fingerprint density at radius 1 is 1.18 bits per heavy atom. The van der Waals surface area contributed by atoms with E-state index >= 15 is 0 Å². The Hall–Kier alpha value is -4.44. The molecule has 11 heteroatoms. The van der Waals surface area contributed by atoms with Crippen LogP contribution in [0.15, 0.2) is 70.8 Å². The first kappa shape index (κ1) is 20.5. The van der Waals surface area contributed by atoms with Crippen molar-refractivity contribution in [2.24, 2.45) is 4.99 Å². The van der Waals surface area contributed by atoms with Crippen LogP contribution in [0, 0.1) is 0 Å². The van der Waals surface area contributed by atoms with Crippen LogP contribution in [-0.2, 0) is 6.54 Å². The van der Waals surface area contributed by atoms with E-state index in [0.717, 1.165) is 11.3 Å². The molecule has 0 aliphatic carbocycles. The average Bonchev–Trinajstić information content (AvgIpc) is 3.35. The topological polar surface area (TPSA) is 136 Å². The number of aromatic nitrogens is 6. The van der Waals surface area contributed by atoms with Crippen molar-refractivity contribution in [1.82, 2.24) is 29.5 Å². The molecule has 4 heterocycles. The lowest BCUT2D eigenvalue weighted by molar-refractivity contribution is 0.454. The Bertz CT molecular complexity index is 1620. The molecule has 5 rings (SSSR count). The molecule has 4 N–H and O–H groups in total. The summed E-state index contributed by atoms with van der Waals surface area (Å²) in [5.41, 5.74) is 2.45. The van der Waals surface area contributed by atoms with Gasteiger partial charge in [0, 0.05) is 34.4 Å². The third-order valence-electron chi connectivity index (χ3n) is 4.76. The van der Waals surface area contributed by atoms with Crippen LogP contribution >= 0.6 is 11.6 Å². The van der Waals surface area contributed by atoms with E-state index in [-0.39, 0.29) is 11.6 Å². The molecule has 0 saturated heterocycles. The van der Waals surface area contributed by atoms with Crippen molar-refractivity contribution in [2.75, 3.05) is 5.32 Å². The molecule has 0 aliphatic rings. The maximum absolute atomic E-state index is 11.5. The van der Waals surface area contributed by atoms with Crippen LogP contribution in [0.5, 0.6) is 5.88 Å². The molecule has 0 amide bonds. The third kappa shape index (κ3) is 4.46. The van der Waals surface area contributed by atoms with Gasteiger partial charge in [0.05, 0.1) is 12.7 Å². The second-order valence-corrected chi connectivity index (χ2v) is 7.57. The first-order chi connectivity index (χ1) is 16.0. The van der Waals surface area contributed by atoms with E-state index in [2.05, 4.69) is 30.4 Å². The molecule has 0 radical (unpaired) electrons. The summed E-state index contributed by atoms with van der Waals surface area (Å²) in [4.78, 5) is 29.8. The molecule has 33 heavy (non-hydrogen) atoms. The molecule has 0 unspecified atom stereocenters. The zero-order chi connectivity index (χ0) is 22.8. The van der Waals surface area contributed by atoms with Crippen LogP contribution in [0.2, 0.25) is 5.02 Å². The minimum Gasteiger partial charge on any atom is -0.493 e. The molecule has 0 atom stereocenters. The maximum atomic E-state index is 11.5. The van der Waals surface area contributed by atoms with Crippen molar-refractivity contribution in [3.8, 4) is 5.88 Å². The molecule has 0 bridgehead atoms. The van der Waals surface area contributed by atoms with Gasteiger partial charge in [-0.1, -0.05) is 23.7 Å². The molecular formula is C22H17ClN8O2. The van der Waals surface area contributed by atoms with E-state index in [1.807, 2.05) is 24.3 Å². The number of hydrogen-bond acceptors (Lipinski definition) is 7. The number of benzene rings is 1. The fraction of sp³-hybridized carbons (Fsp3) is 0.0455. The number of fused-ring (bicyclic) bond motifs is 1. The fourth-order valence-corrected chi connectivity index (χ4v) is 3.46. The normalized spacial score (nSPS) is 12.5. The first-order valence-corrected chi connectivity index (χ1v) is 10.3. The van der Waals surface area contributed by atoms with Gasteiger partial charge >= 0.3 is 5.69 Å². The number of nitrogens with zero attached hydrogens (tertiary/aromatic N) is 5. The number of aromatic amines is 2. The van der Waals surface area contributed by atoms with Gasteiger partial charge in [0.25, 0.3) is 0 Å². The highest BCUT2D eigenvalue weighted by Gasteiger charge is 2.08. The zero-order valence-electron chi connectivity index (χ0n) is 17.0. The summed E-state index contributed by atoms with van der Waals surface area (Å²) in [6.07, 6.45) is 6.62. The van der Waals surface area contributed by atoms with Gasteiger partial charge in [-0.2, -0.15) is 9.61 Å². The summed E-state index contributed by atoms with van der Waals surface area (Å²) in [5.74, 6) is 0.255. The lowest BCUT2D eigenvalue weighted by Crippen LogP contribution is -2.19.